The van der Waals surface area contributed by atoms with Crippen molar-refractivity contribution in [3.05, 3.63) is 35.8 Å². The van der Waals surface area contributed by atoms with Crippen LogP contribution >= 0.6 is 0 Å². The first-order valence-electron chi connectivity index (χ1n) is 11.8. The van der Waals surface area contributed by atoms with Crippen LogP contribution < -0.4 is 5.32 Å². The first kappa shape index (κ1) is 19.3. The molecule has 3 fully saturated rings. The number of H-pyrrole nitrogens is 1. The highest BCUT2D eigenvalue weighted by Gasteiger charge is 2.29. The maximum atomic E-state index is 4.84. The number of likely N-dealkylation sites (tertiary alicyclic amines) is 1. The van der Waals surface area contributed by atoms with Crippen LogP contribution in [-0.2, 0) is 6.42 Å². The lowest BCUT2D eigenvalue weighted by atomic mass is 10.1. The van der Waals surface area contributed by atoms with Gasteiger partial charge in [0.2, 0.25) is 0 Å². The summed E-state index contributed by atoms with van der Waals surface area (Å²) in [6, 6.07) is 7.21. The summed E-state index contributed by atoms with van der Waals surface area (Å²) in [5.41, 5.74) is 3.41. The van der Waals surface area contributed by atoms with E-state index in [1.54, 1.807) is 0 Å². The number of imidazole rings is 1. The fraction of sp³-hybridized carbons (Fsp3) is 0.667. The van der Waals surface area contributed by atoms with Gasteiger partial charge in [-0.1, -0.05) is 18.9 Å². The third kappa shape index (κ3) is 4.89. The van der Waals surface area contributed by atoms with Gasteiger partial charge in [0, 0.05) is 36.1 Å². The molecular weight excluding hydrogens is 358 g/mol. The molecule has 2 aromatic heterocycles. The molecule has 0 radical (unpaired) electrons. The molecule has 0 bridgehead atoms. The van der Waals surface area contributed by atoms with E-state index in [0.29, 0.717) is 5.92 Å². The molecule has 5 rings (SSSR count). The first-order valence-corrected chi connectivity index (χ1v) is 11.8. The van der Waals surface area contributed by atoms with Gasteiger partial charge in [-0.05, 0) is 82.6 Å². The van der Waals surface area contributed by atoms with Crippen LogP contribution in [0.15, 0.2) is 24.4 Å². The van der Waals surface area contributed by atoms with Crippen molar-refractivity contribution in [2.75, 3.05) is 26.2 Å². The van der Waals surface area contributed by atoms with Crippen LogP contribution in [-0.4, -0.2) is 52.1 Å². The van der Waals surface area contributed by atoms with Crippen molar-refractivity contribution in [3.63, 3.8) is 0 Å². The number of aromatic amines is 1. The standard InChI is InChI=1S/C24H35N5/c1-2-8-21(7-1)29-14-12-18(17-29)15-25-13-4-6-20-5-3-9-22(27-20)24-26-16-23(28-24)19-10-11-19/h3,5,9,16,18-19,21,25H,1-2,4,6-8,10-15,17H2,(H,26,28). The average molecular weight is 394 g/mol. The zero-order valence-corrected chi connectivity index (χ0v) is 17.6. The Kier molecular flexibility index (Phi) is 5.95. The summed E-state index contributed by atoms with van der Waals surface area (Å²) in [6.07, 6.45) is 13.9. The highest BCUT2D eigenvalue weighted by molar-refractivity contribution is 5.50. The summed E-state index contributed by atoms with van der Waals surface area (Å²) in [7, 11) is 0. The lowest BCUT2D eigenvalue weighted by Gasteiger charge is -2.23. The lowest BCUT2D eigenvalue weighted by molar-refractivity contribution is 0.236. The van der Waals surface area contributed by atoms with E-state index in [9.17, 15) is 0 Å². The smallest absolute Gasteiger partial charge is 0.156 e. The number of aryl methyl sites for hydroxylation is 1. The topological polar surface area (TPSA) is 56.8 Å². The first-order chi connectivity index (χ1) is 14.3. The van der Waals surface area contributed by atoms with Crippen molar-refractivity contribution in [2.24, 2.45) is 5.92 Å². The normalized spacial score (nSPS) is 23.2. The van der Waals surface area contributed by atoms with Gasteiger partial charge in [-0.25, -0.2) is 9.97 Å². The third-order valence-corrected chi connectivity index (χ3v) is 7.04. The second-order valence-corrected chi connectivity index (χ2v) is 9.37. The van der Waals surface area contributed by atoms with Gasteiger partial charge in [0.1, 0.15) is 5.69 Å². The number of nitrogens with zero attached hydrogens (tertiary/aromatic N) is 3. The van der Waals surface area contributed by atoms with Crippen LogP contribution in [0.1, 0.15) is 68.7 Å². The molecule has 1 saturated heterocycles. The summed E-state index contributed by atoms with van der Waals surface area (Å²) in [5, 5.41) is 3.70. The number of rotatable bonds is 9. The lowest BCUT2D eigenvalue weighted by Crippen LogP contribution is -2.32. The van der Waals surface area contributed by atoms with Gasteiger partial charge in [-0.3, -0.25) is 0 Å². The second kappa shape index (κ2) is 8.97. The Bertz CT molecular complexity index is 790. The molecular formula is C24H35N5. The van der Waals surface area contributed by atoms with Gasteiger partial charge < -0.3 is 15.2 Å². The minimum atomic E-state index is 0.704. The van der Waals surface area contributed by atoms with Crippen molar-refractivity contribution in [1.29, 1.82) is 0 Å². The van der Waals surface area contributed by atoms with E-state index in [1.807, 2.05) is 6.20 Å². The summed E-state index contributed by atoms with van der Waals surface area (Å²) >= 11 is 0. The Balaban J connectivity index is 1.03. The average Bonchev–Trinajstić information content (AvgIpc) is 3.18. The van der Waals surface area contributed by atoms with Crippen molar-refractivity contribution < 1.29 is 0 Å². The molecule has 1 aliphatic heterocycles. The van der Waals surface area contributed by atoms with E-state index in [1.165, 1.54) is 76.0 Å². The molecule has 2 aromatic rings. The van der Waals surface area contributed by atoms with Crippen LogP contribution in [0.2, 0.25) is 0 Å². The SMILES string of the molecule is c1cc(CCCNCC2CCN(C3CCCC3)C2)nc(-c2ncc(C3CC3)[nH]2)c1. The highest BCUT2D eigenvalue weighted by atomic mass is 15.2. The van der Waals surface area contributed by atoms with Gasteiger partial charge in [0.25, 0.3) is 0 Å². The summed E-state index contributed by atoms with van der Waals surface area (Å²) < 4.78 is 0. The van der Waals surface area contributed by atoms with Crippen molar-refractivity contribution in [1.82, 2.24) is 25.2 Å². The predicted molar refractivity (Wildman–Crippen MR) is 117 cm³/mol. The predicted octanol–water partition coefficient (Wildman–Crippen LogP) is 4.14. The van der Waals surface area contributed by atoms with Crippen molar-refractivity contribution >= 4 is 0 Å². The van der Waals surface area contributed by atoms with E-state index >= 15 is 0 Å². The highest BCUT2D eigenvalue weighted by Crippen LogP contribution is 2.39. The zero-order valence-electron chi connectivity index (χ0n) is 17.6. The van der Waals surface area contributed by atoms with Crippen LogP contribution in [0.3, 0.4) is 0 Å². The Hall–Kier alpha value is -1.72. The molecule has 2 saturated carbocycles. The molecule has 0 spiro atoms. The Morgan fingerprint density at radius 2 is 2.00 bits per heavy atom. The molecule has 1 unspecified atom stereocenters. The third-order valence-electron chi connectivity index (χ3n) is 7.04. The molecule has 2 N–H and O–H groups in total. The van der Waals surface area contributed by atoms with Crippen LogP contribution in [0.5, 0.6) is 0 Å². The zero-order chi connectivity index (χ0) is 19.5. The fourth-order valence-electron chi connectivity index (χ4n) is 5.15. The molecule has 2 aliphatic carbocycles. The summed E-state index contributed by atoms with van der Waals surface area (Å²) in [6.45, 7) is 4.89. The number of nitrogens with one attached hydrogen (secondary N) is 2. The number of pyridine rings is 1. The van der Waals surface area contributed by atoms with E-state index in [-0.39, 0.29) is 0 Å². The van der Waals surface area contributed by atoms with Gasteiger partial charge in [0.15, 0.2) is 5.82 Å². The fourth-order valence-corrected chi connectivity index (χ4v) is 5.15. The maximum absolute atomic E-state index is 4.84. The molecule has 5 nitrogen and oxygen atoms in total. The molecule has 1 atom stereocenters. The minimum absolute atomic E-state index is 0.704. The van der Waals surface area contributed by atoms with Crippen molar-refractivity contribution in [3.8, 4) is 11.5 Å². The number of hydrogen-bond acceptors (Lipinski definition) is 4. The monoisotopic (exact) mass is 393 g/mol. The van der Waals surface area contributed by atoms with E-state index in [0.717, 1.165) is 42.9 Å². The van der Waals surface area contributed by atoms with Crippen molar-refractivity contribution in [2.45, 2.75) is 69.7 Å². The molecule has 3 heterocycles. The van der Waals surface area contributed by atoms with Crippen LogP contribution in [0.4, 0.5) is 0 Å². The summed E-state index contributed by atoms with van der Waals surface area (Å²) in [5.74, 6) is 2.47. The number of aromatic nitrogens is 3. The number of hydrogen-bond donors (Lipinski definition) is 2. The van der Waals surface area contributed by atoms with E-state index in [4.69, 9.17) is 4.98 Å². The minimum Gasteiger partial charge on any atom is -0.340 e. The molecule has 29 heavy (non-hydrogen) atoms. The van der Waals surface area contributed by atoms with Gasteiger partial charge >= 0.3 is 0 Å². The van der Waals surface area contributed by atoms with Crippen LogP contribution in [0.25, 0.3) is 11.5 Å². The Morgan fingerprint density at radius 3 is 2.86 bits per heavy atom. The largest absolute Gasteiger partial charge is 0.340 e. The van der Waals surface area contributed by atoms with Gasteiger partial charge in [-0.15, -0.1) is 0 Å². The van der Waals surface area contributed by atoms with Gasteiger partial charge in [-0.2, -0.15) is 0 Å². The maximum Gasteiger partial charge on any atom is 0.156 e. The quantitative estimate of drug-likeness (QED) is 0.629. The van der Waals surface area contributed by atoms with Crippen LogP contribution in [0, 0.1) is 5.92 Å². The Morgan fingerprint density at radius 1 is 1.10 bits per heavy atom. The molecule has 3 aliphatic rings. The Labute approximate surface area is 174 Å². The molecule has 5 heteroatoms. The van der Waals surface area contributed by atoms with E-state index < -0.39 is 0 Å². The van der Waals surface area contributed by atoms with Gasteiger partial charge in [0.05, 0.1) is 0 Å². The molecule has 0 aromatic carbocycles. The second-order valence-electron chi connectivity index (χ2n) is 9.37. The molecule has 0 amide bonds. The van der Waals surface area contributed by atoms with E-state index in [2.05, 4.69) is 38.4 Å². The summed E-state index contributed by atoms with van der Waals surface area (Å²) in [4.78, 5) is 15.6. The molecule has 156 valence electrons.